The predicted octanol–water partition coefficient (Wildman–Crippen LogP) is 2.85. The van der Waals surface area contributed by atoms with Crippen LogP contribution in [0.15, 0.2) is 22.7 Å². The number of hydrogen-bond donors (Lipinski definition) is 2. The van der Waals surface area contributed by atoms with E-state index in [9.17, 15) is 23.1 Å². The number of ether oxygens (including phenoxy) is 1. The summed E-state index contributed by atoms with van der Waals surface area (Å²) in [6, 6.07) is 4.41. The Morgan fingerprint density at radius 2 is 2.10 bits per heavy atom. The Balaban J connectivity index is 2.27. The lowest BCUT2D eigenvalue weighted by molar-refractivity contribution is -0.173. The summed E-state index contributed by atoms with van der Waals surface area (Å²) in [5.41, 5.74) is 0.101. The number of alkyl halides is 3. The van der Waals surface area contributed by atoms with Crippen molar-refractivity contribution in [2.24, 2.45) is 0 Å². The van der Waals surface area contributed by atoms with Crippen molar-refractivity contribution < 1.29 is 27.8 Å². The molecule has 20 heavy (non-hydrogen) atoms. The Morgan fingerprint density at radius 3 is 2.70 bits per heavy atom. The number of rotatable bonds is 6. The Bertz CT molecular complexity index is 466. The third kappa shape index (κ3) is 6.25. The number of carbonyl (C=O) groups excluding carboxylic acids is 1. The molecule has 0 saturated heterocycles. The van der Waals surface area contributed by atoms with Gasteiger partial charge in [0.25, 0.3) is 5.91 Å². The molecule has 0 aromatic heterocycles. The normalized spacial score (nSPS) is 11.4. The fraction of sp³-hybridized carbons (Fsp3) is 0.417. The standard InChI is InChI=1S/C12H13BrF3NO3/c13-8-2-3-9(10(18)6-8)11(19)17-4-1-5-20-7-12(14,15)16/h2-3,6,18H,1,4-5,7H2,(H,17,19). The number of halogens is 4. The maximum Gasteiger partial charge on any atom is 0.411 e. The van der Waals surface area contributed by atoms with Crippen LogP contribution >= 0.6 is 15.9 Å². The summed E-state index contributed by atoms with van der Waals surface area (Å²) in [6.45, 7) is -1.24. The largest absolute Gasteiger partial charge is 0.507 e. The molecule has 0 heterocycles. The van der Waals surface area contributed by atoms with Crippen LogP contribution in [0.4, 0.5) is 13.2 Å². The smallest absolute Gasteiger partial charge is 0.411 e. The minimum atomic E-state index is -4.34. The highest BCUT2D eigenvalue weighted by atomic mass is 79.9. The molecular formula is C12H13BrF3NO3. The Labute approximate surface area is 122 Å². The van der Waals surface area contributed by atoms with Crippen LogP contribution in [0.25, 0.3) is 0 Å². The van der Waals surface area contributed by atoms with Crippen molar-refractivity contribution in [1.29, 1.82) is 0 Å². The zero-order valence-corrected chi connectivity index (χ0v) is 11.9. The summed E-state index contributed by atoms with van der Waals surface area (Å²) in [6.07, 6.45) is -4.09. The number of carbonyl (C=O) groups is 1. The summed E-state index contributed by atoms with van der Waals surface area (Å²) in [4.78, 5) is 11.7. The number of phenols is 1. The third-order valence-electron chi connectivity index (χ3n) is 2.22. The highest BCUT2D eigenvalue weighted by molar-refractivity contribution is 9.10. The van der Waals surface area contributed by atoms with Crippen LogP contribution in [-0.2, 0) is 4.74 Å². The van der Waals surface area contributed by atoms with Crippen LogP contribution in [0.1, 0.15) is 16.8 Å². The zero-order valence-electron chi connectivity index (χ0n) is 10.3. The second-order valence-electron chi connectivity index (χ2n) is 3.94. The van der Waals surface area contributed by atoms with Gasteiger partial charge in [0.1, 0.15) is 12.4 Å². The average molecular weight is 356 g/mol. The van der Waals surface area contributed by atoms with E-state index < -0.39 is 18.7 Å². The number of aromatic hydroxyl groups is 1. The van der Waals surface area contributed by atoms with Crippen molar-refractivity contribution in [3.8, 4) is 5.75 Å². The van der Waals surface area contributed by atoms with Gasteiger partial charge >= 0.3 is 6.18 Å². The first-order chi connectivity index (χ1) is 9.29. The number of amides is 1. The molecule has 1 aromatic rings. The van der Waals surface area contributed by atoms with Crippen molar-refractivity contribution in [3.63, 3.8) is 0 Å². The van der Waals surface area contributed by atoms with E-state index in [1.54, 1.807) is 6.07 Å². The van der Waals surface area contributed by atoms with Gasteiger partial charge in [0.05, 0.1) is 5.56 Å². The first kappa shape index (κ1) is 16.8. The molecule has 0 saturated carbocycles. The SMILES string of the molecule is O=C(NCCCOCC(F)(F)F)c1ccc(Br)cc1O. The average Bonchev–Trinajstić information content (AvgIpc) is 2.32. The lowest BCUT2D eigenvalue weighted by Crippen LogP contribution is -2.26. The molecule has 1 aromatic carbocycles. The molecule has 0 spiro atoms. The van der Waals surface area contributed by atoms with E-state index >= 15 is 0 Å². The molecule has 1 rings (SSSR count). The first-order valence-electron chi connectivity index (χ1n) is 5.71. The highest BCUT2D eigenvalue weighted by Crippen LogP contribution is 2.22. The van der Waals surface area contributed by atoms with Crippen LogP contribution in [0.5, 0.6) is 5.75 Å². The highest BCUT2D eigenvalue weighted by Gasteiger charge is 2.27. The summed E-state index contributed by atoms with van der Waals surface area (Å²) >= 11 is 3.14. The molecule has 0 aliphatic heterocycles. The van der Waals surface area contributed by atoms with Crippen molar-refractivity contribution in [2.45, 2.75) is 12.6 Å². The molecule has 8 heteroatoms. The van der Waals surface area contributed by atoms with Crippen LogP contribution in [0.2, 0.25) is 0 Å². The van der Waals surface area contributed by atoms with Crippen LogP contribution < -0.4 is 5.32 Å². The Hall–Kier alpha value is -1.28. The van der Waals surface area contributed by atoms with E-state index in [0.717, 1.165) is 0 Å². The minimum absolute atomic E-state index is 0.101. The van der Waals surface area contributed by atoms with Gasteiger partial charge in [0.15, 0.2) is 0 Å². The van der Waals surface area contributed by atoms with Gasteiger partial charge < -0.3 is 15.2 Å². The number of nitrogens with one attached hydrogen (secondary N) is 1. The van der Waals surface area contributed by atoms with Gasteiger partial charge in [-0.25, -0.2) is 0 Å². The summed E-state index contributed by atoms with van der Waals surface area (Å²) in [7, 11) is 0. The van der Waals surface area contributed by atoms with Crippen molar-refractivity contribution in [1.82, 2.24) is 5.32 Å². The van der Waals surface area contributed by atoms with Gasteiger partial charge in [0, 0.05) is 17.6 Å². The topological polar surface area (TPSA) is 58.6 Å². The van der Waals surface area contributed by atoms with Gasteiger partial charge in [-0.15, -0.1) is 0 Å². The quantitative estimate of drug-likeness (QED) is 0.771. The third-order valence-corrected chi connectivity index (χ3v) is 2.71. The first-order valence-corrected chi connectivity index (χ1v) is 6.50. The molecule has 0 bridgehead atoms. The lowest BCUT2D eigenvalue weighted by atomic mass is 10.2. The van der Waals surface area contributed by atoms with Crippen molar-refractivity contribution >= 4 is 21.8 Å². The molecule has 0 aliphatic carbocycles. The van der Waals surface area contributed by atoms with E-state index in [2.05, 4.69) is 26.0 Å². The minimum Gasteiger partial charge on any atom is -0.507 e. The lowest BCUT2D eigenvalue weighted by Gasteiger charge is -2.09. The second-order valence-corrected chi connectivity index (χ2v) is 4.85. The van der Waals surface area contributed by atoms with E-state index in [1.165, 1.54) is 12.1 Å². The molecule has 1 amide bonds. The molecule has 0 fully saturated rings. The number of benzene rings is 1. The van der Waals surface area contributed by atoms with E-state index in [0.29, 0.717) is 4.47 Å². The fourth-order valence-corrected chi connectivity index (χ4v) is 1.71. The predicted molar refractivity (Wildman–Crippen MR) is 69.6 cm³/mol. The van der Waals surface area contributed by atoms with Crippen LogP contribution in [0.3, 0.4) is 0 Å². The molecule has 0 aliphatic rings. The second kappa shape index (κ2) is 7.49. The summed E-state index contributed by atoms with van der Waals surface area (Å²) < 4.78 is 40.3. The Morgan fingerprint density at radius 1 is 1.40 bits per heavy atom. The fourth-order valence-electron chi connectivity index (χ4n) is 1.36. The maximum atomic E-state index is 11.8. The van der Waals surface area contributed by atoms with Gasteiger partial charge in [-0.2, -0.15) is 13.2 Å². The maximum absolute atomic E-state index is 11.8. The molecule has 112 valence electrons. The van der Waals surface area contributed by atoms with E-state index in [4.69, 9.17) is 0 Å². The molecule has 4 nitrogen and oxygen atoms in total. The van der Waals surface area contributed by atoms with Gasteiger partial charge in [-0.3, -0.25) is 4.79 Å². The number of phenolic OH excluding ortho intramolecular Hbond substituents is 1. The van der Waals surface area contributed by atoms with Gasteiger partial charge in [-0.1, -0.05) is 15.9 Å². The number of hydrogen-bond acceptors (Lipinski definition) is 3. The van der Waals surface area contributed by atoms with Gasteiger partial charge in [0.2, 0.25) is 0 Å². The Kier molecular flexibility index (Phi) is 6.28. The summed E-state index contributed by atoms with van der Waals surface area (Å²) in [5, 5.41) is 12.0. The summed E-state index contributed by atoms with van der Waals surface area (Å²) in [5.74, 6) is -0.670. The monoisotopic (exact) mass is 355 g/mol. The zero-order chi connectivity index (χ0) is 15.2. The van der Waals surface area contributed by atoms with Crippen molar-refractivity contribution in [3.05, 3.63) is 28.2 Å². The molecule has 0 radical (unpaired) electrons. The van der Waals surface area contributed by atoms with Crippen LogP contribution in [0, 0.1) is 0 Å². The van der Waals surface area contributed by atoms with Gasteiger partial charge in [-0.05, 0) is 24.6 Å². The van der Waals surface area contributed by atoms with E-state index in [1.807, 2.05) is 0 Å². The molecule has 0 atom stereocenters. The van der Waals surface area contributed by atoms with E-state index in [-0.39, 0.29) is 30.9 Å². The molecule has 0 unspecified atom stereocenters. The van der Waals surface area contributed by atoms with Crippen molar-refractivity contribution in [2.75, 3.05) is 19.8 Å². The molecule has 2 N–H and O–H groups in total. The van der Waals surface area contributed by atoms with Crippen LogP contribution in [-0.4, -0.2) is 36.9 Å². The molecular weight excluding hydrogens is 343 g/mol.